The van der Waals surface area contributed by atoms with Crippen LogP contribution in [0.4, 0.5) is 0 Å². The number of halogens is 1. The van der Waals surface area contributed by atoms with E-state index in [1.807, 2.05) is 6.08 Å². The Bertz CT molecular complexity index is 384. The summed E-state index contributed by atoms with van der Waals surface area (Å²) in [6.07, 6.45) is 7.27. The molecule has 14 heavy (non-hydrogen) atoms. The Balaban J connectivity index is 2.23. The van der Waals surface area contributed by atoms with Gasteiger partial charge in [-0.15, -0.1) is 0 Å². The van der Waals surface area contributed by atoms with Crippen LogP contribution in [0.15, 0.2) is 22.9 Å². The smallest absolute Gasteiger partial charge is 0.154 e. The lowest BCUT2D eigenvalue weighted by Crippen LogP contribution is -2.05. The largest absolute Gasteiger partial charge is 0.299 e. The van der Waals surface area contributed by atoms with Gasteiger partial charge in [-0.25, -0.2) is 9.97 Å². The normalized spacial score (nSPS) is 16.6. The molecule has 1 aromatic rings. The summed E-state index contributed by atoms with van der Waals surface area (Å²) in [5.74, 6) is 1.03. The second-order valence-corrected chi connectivity index (χ2v) is 4.11. The van der Waals surface area contributed by atoms with Crippen molar-refractivity contribution in [1.82, 2.24) is 9.97 Å². The van der Waals surface area contributed by atoms with Crippen LogP contribution in [0.25, 0.3) is 5.57 Å². The minimum Gasteiger partial charge on any atom is -0.299 e. The van der Waals surface area contributed by atoms with Crippen LogP contribution in [0.2, 0.25) is 0 Å². The lowest BCUT2D eigenvalue weighted by atomic mass is 9.98. The highest BCUT2D eigenvalue weighted by molar-refractivity contribution is 9.10. The van der Waals surface area contributed by atoms with Crippen molar-refractivity contribution in [3.8, 4) is 0 Å². The number of Topliss-reactive ketones (excluding diaryl/α,β-unsaturated/α-hetero) is 1. The Morgan fingerprint density at radius 2 is 1.93 bits per heavy atom. The topological polar surface area (TPSA) is 42.9 Å². The van der Waals surface area contributed by atoms with Gasteiger partial charge >= 0.3 is 0 Å². The molecule has 0 aromatic carbocycles. The third-order valence-electron chi connectivity index (χ3n) is 2.16. The number of ketones is 1. The Labute approximate surface area is 90.4 Å². The molecule has 0 radical (unpaired) electrons. The molecular weight excluding hydrogens is 244 g/mol. The van der Waals surface area contributed by atoms with E-state index in [1.54, 1.807) is 12.4 Å². The average Bonchev–Trinajstić information content (AvgIpc) is 2.21. The minimum atomic E-state index is 0.297. The van der Waals surface area contributed by atoms with E-state index in [9.17, 15) is 4.79 Å². The van der Waals surface area contributed by atoms with E-state index in [0.29, 0.717) is 18.6 Å². The van der Waals surface area contributed by atoms with Gasteiger partial charge < -0.3 is 0 Å². The molecule has 0 spiro atoms. The average molecular weight is 253 g/mol. The molecule has 0 bridgehead atoms. The lowest BCUT2D eigenvalue weighted by molar-refractivity contribution is -0.118. The van der Waals surface area contributed by atoms with Crippen molar-refractivity contribution in [2.45, 2.75) is 19.3 Å². The van der Waals surface area contributed by atoms with Crippen molar-refractivity contribution in [3.05, 3.63) is 28.8 Å². The highest BCUT2D eigenvalue weighted by Crippen LogP contribution is 2.22. The Morgan fingerprint density at radius 3 is 2.50 bits per heavy atom. The van der Waals surface area contributed by atoms with Crippen LogP contribution in [0.3, 0.4) is 0 Å². The van der Waals surface area contributed by atoms with Crippen molar-refractivity contribution in [1.29, 1.82) is 0 Å². The van der Waals surface area contributed by atoms with E-state index in [4.69, 9.17) is 0 Å². The highest BCUT2D eigenvalue weighted by Gasteiger charge is 2.13. The van der Waals surface area contributed by atoms with E-state index in [0.717, 1.165) is 22.3 Å². The van der Waals surface area contributed by atoms with Crippen LogP contribution in [-0.2, 0) is 4.79 Å². The molecule has 0 aliphatic heterocycles. The number of hydrogen-bond donors (Lipinski definition) is 0. The number of carbonyl (C=O) groups excluding carboxylic acids is 1. The SMILES string of the molecule is O=C1CC=C(c2ncc(Br)cn2)CC1. The highest BCUT2D eigenvalue weighted by atomic mass is 79.9. The maximum Gasteiger partial charge on any atom is 0.154 e. The van der Waals surface area contributed by atoms with Gasteiger partial charge in [0.05, 0.1) is 4.47 Å². The van der Waals surface area contributed by atoms with E-state index in [1.165, 1.54) is 0 Å². The number of nitrogens with zero attached hydrogens (tertiary/aromatic N) is 2. The van der Waals surface area contributed by atoms with E-state index in [-0.39, 0.29) is 0 Å². The van der Waals surface area contributed by atoms with Crippen molar-refractivity contribution < 1.29 is 4.79 Å². The molecule has 3 nitrogen and oxygen atoms in total. The number of rotatable bonds is 1. The van der Waals surface area contributed by atoms with Gasteiger partial charge in [0.1, 0.15) is 5.78 Å². The van der Waals surface area contributed by atoms with Crippen molar-refractivity contribution >= 4 is 27.3 Å². The number of carbonyl (C=O) groups is 1. The zero-order chi connectivity index (χ0) is 9.97. The second kappa shape index (κ2) is 4.00. The number of hydrogen-bond acceptors (Lipinski definition) is 3. The van der Waals surface area contributed by atoms with Gasteiger partial charge in [0.15, 0.2) is 5.82 Å². The zero-order valence-electron chi connectivity index (χ0n) is 7.53. The summed E-state index contributed by atoms with van der Waals surface area (Å²) in [4.78, 5) is 19.4. The van der Waals surface area contributed by atoms with Crippen LogP contribution >= 0.6 is 15.9 Å². The van der Waals surface area contributed by atoms with E-state index in [2.05, 4.69) is 25.9 Å². The monoisotopic (exact) mass is 252 g/mol. The zero-order valence-corrected chi connectivity index (χ0v) is 9.12. The van der Waals surface area contributed by atoms with Gasteiger partial charge in [-0.3, -0.25) is 4.79 Å². The molecule has 1 aromatic heterocycles. The second-order valence-electron chi connectivity index (χ2n) is 3.20. The fourth-order valence-corrected chi connectivity index (χ4v) is 1.60. The number of aromatic nitrogens is 2. The van der Waals surface area contributed by atoms with Crippen molar-refractivity contribution in [3.63, 3.8) is 0 Å². The summed E-state index contributed by atoms with van der Waals surface area (Å²) >= 11 is 3.28. The first-order valence-corrected chi connectivity index (χ1v) is 5.23. The maximum atomic E-state index is 11.0. The van der Waals surface area contributed by atoms with Gasteiger partial charge in [-0.1, -0.05) is 6.08 Å². The van der Waals surface area contributed by atoms with Crippen LogP contribution in [-0.4, -0.2) is 15.8 Å². The van der Waals surface area contributed by atoms with Crippen molar-refractivity contribution in [2.75, 3.05) is 0 Å². The summed E-state index contributed by atoms with van der Waals surface area (Å²) in [7, 11) is 0. The molecule has 0 atom stereocenters. The van der Waals surface area contributed by atoms with Gasteiger partial charge in [-0.05, 0) is 27.9 Å². The first-order valence-electron chi connectivity index (χ1n) is 4.44. The molecule has 0 unspecified atom stereocenters. The first kappa shape index (κ1) is 9.52. The quantitative estimate of drug-likeness (QED) is 0.771. The van der Waals surface area contributed by atoms with Gasteiger partial charge in [-0.2, -0.15) is 0 Å². The molecule has 72 valence electrons. The van der Waals surface area contributed by atoms with Gasteiger partial charge in [0, 0.05) is 25.2 Å². The fraction of sp³-hybridized carbons (Fsp3) is 0.300. The van der Waals surface area contributed by atoms with Crippen LogP contribution in [0.1, 0.15) is 25.1 Å². The van der Waals surface area contributed by atoms with Crippen molar-refractivity contribution in [2.24, 2.45) is 0 Å². The Morgan fingerprint density at radius 1 is 1.21 bits per heavy atom. The summed E-state index contributed by atoms with van der Waals surface area (Å²) in [5, 5.41) is 0. The predicted octanol–water partition coefficient (Wildman–Crippen LogP) is 2.38. The third-order valence-corrected chi connectivity index (χ3v) is 2.57. The maximum absolute atomic E-state index is 11.0. The molecule has 0 N–H and O–H groups in total. The standard InChI is InChI=1S/C10H9BrN2O/c11-8-5-12-10(13-6-8)7-1-3-9(14)4-2-7/h1,5-6H,2-4H2. The molecule has 1 aliphatic carbocycles. The molecule has 0 amide bonds. The van der Waals surface area contributed by atoms with Gasteiger partial charge in [0.25, 0.3) is 0 Å². The first-order chi connectivity index (χ1) is 6.75. The molecule has 1 aliphatic rings. The van der Waals surface area contributed by atoms with E-state index < -0.39 is 0 Å². The summed E-state index contributed by atoms with van der Waals surface area (Å²) < 4.78 is 0.869. The van der Waals surface area contributed by atoms with E-state index >= 15 is 0 Å². The Kier molecular flexibility index (Phi) is 2.72. The van der Waals surface area contributed by atoms with Crippen LogP contribution in [0.5, 0.6) is 0 Å². The molecule has 2 rings (SSSR count). The summed E-state index contributed by atoms with van der Waals surface area (Å²) in [5.41, 5.74) is 1.08. The fourth-order valence-electron chi connectivity index (χ4n) is 1.40. The minimum absolute atomic E-state index is 0.297. The molecule has 0 saturated heterocycles. The lowest BCUT2D eigenvalue weighted by Gasteiger charge is -2.10. The molecule has 1 heterocycles. The number of allylic oxidation sites excluding steroid dienone is 2. The molecular formula is C10H9BrN2O. The summed E-state index contributed by atoms with van der Waals surface area (Å²) in [6, 6.07) is 0. The Hall–Kier alpha value is -1.03. The molecule has 4 heteroatoms. The van der Waals surface area contributed by atoms with Crippen LogP contribution in [0, 0.1) is 0 Å². The predicted molar refractivity (Wildman–Crippen MR) is 56.6 cm³/mol. The summed E-state index contributed by atoms with van der Waals surface area (Å²) in [6.45, 7) is 0. The molecule has 0 fully saturated rings. The molecule has 0 saturated carbocycles. The third kappa shape index (κ3) is 2.07. The van der Waals surface area contributed by atoms with Gasteiger partial charge in [0.2, 0.25) is 0 Å². The van der Waals surface area contributed by atoms with Crippen LogP contribution < -0.4 is 0 Å².